The maximum atomic E-state index is 12.4. The summed E-state index contributed by atoms with van der Waals surface area (Å²) in [6, 6.07) is 4.35. The molecule has 2 aliphatic carbocycles. The first-order valence-electron chi connectivity index (χ1n) is 7.85. The first kappa shape index (κ1) is 14.5. The fraction of sp³-hybridized carbons (Fsp3) is 0.647. The van der Waals surface area contributed by atoms with E-state index >= 15 is 0 Å². The van der Waals surface area contributed by atoms with Crippen molar-refractivity contribution in [3.05, 3.63) is 29.6 Å². The fourth-order valence-electron chi connectivity index (χ4n) is 3.53. The number of rotatable bonds is 4. The summed E-state index contributed by atoms with van der Waals surface area (Å²) in [5.74, 6) is 1.45. The van der Waals surface area contributed by atoms with E-state index in [4.69, 9.17) is 5.73 Å². The monoisotopic (exact) mass is 287 g/mol. The highest BCUT2D eigenvalue weighted by Crippen LogP contribution is 2.54. The molecule has 3 N–H and O–H groups in total. The molecule has 4 atom stereocenters. The van der Waals surface area contributed by atoms with Crippen molar-refractivity contribution in [2.75, 3.05) is 6.54 Å². The van der Waals surface area contributed by atoms with Crippen LogP contribution in [0.2, 0.25) is 0 Å². The zero-order chi connectivity index (χ0) is 15.2. The SMILES string of the molecule is Cc1ccc(C(C)(C)CNC(=O)[C@@H]2C[C@H](N)[C@H]3C[C@H]32)nc1. The third-order valence-electron chi connectivity index (χ3n) is 5.13. The van der Waals surface area contributed by atoms with Crippen LogP contribution in [0.4, 0.5) is 0 Å². The van der Waals surface area contributed by atoms with Crippen molar-refractivity contribution in [1.82, 2.24) is 10.3 Å². The van der Waals surface area contributed by atoms with E-state index in [0.717, 1.165) is 24.1 Å². The van der Waals surface area contributed by atoms with E-state index in [1.165, 1.54) is 0 Å². The van der Waals surface area contributed by atoms with Gasteiger partial charge in [0.15, 0.2) is 0 Å². The number of carbonyl (C=O) groups excluding carboxylic acids is 1. The number of hydrogen-bond acceptors (Lipinski definition) is 3. The van der Waals surface area contributed by atoms with Gasteiger partial charge in [0, 0.05) is 35.8 Å². The number of amides is 1. The summed E-state index contributed by atoms with van der Waals surface area (Å²) in [5, 5.41) is 3.12. The van der Waals surface area contributed by atoms with Crippen LogP contribution in [0.5, 0.6) is 0 Å². The lowest BCUT2D eigenvalue weighted by Crippen LogP contribution is -2.40. The Bertz CT molecular complexity index is 537. The van der Waals surface area contributed by atoms with Crippen molar-refractivity contribution in [3.63, 3.8) is 0 Å². The molecular weight excluding hydrogens is 262 g/mol. The van der Waals surface area contributed by atoms with Crippen LogP contribution in [0.3, 0.4) is 0 Å². The molecule has 2 fully saturated rings. The second kappa shape index (κ2) is 5.09. The molecule has 0 unspecified atom stereocenters. The van der Waals surface area contributed by atoms with E-state index in [1.54, 1.807) is 0 Å². The fourth-order valence-corrected chi connectivity index (χ4v) is 3.53. The third-order valence-corrected chi connectivity index (χ3v) is 5.13. The van der Waals surface area contributed by atoms with Gasteiger partial charge in [0.1, 0.15) is 0 Å². The summed E-state index contributed by atoms with van der Waals surface area (Å²) < 4.78 is 0. The lowest BCUT2D eigenvalue weighted by Gasteiger charge is -2.25. The zero-order valence-electron chi connectivity index (χ0n) is 13.1. The molecule has 4 heteroatoms. The van der Waals surface area contributed by atoms with Crippen LogP contribution in [0.25, 0.3) is 0 Å². The molecule has 0 spiro atoms. The second-order valence-corrected chi connectivity index (χ2v) is 7.39. The molecule has 21 heavy (non-hydrogen) atoms. The molecule has 1 amide bonds. The van der Waals surface area contributed by atoms with Gasteiger partial charge in [-0.3, -0.25) is 9.78 Å². The first-order valence-corrected chi connectivity index (χ1v) is 7.85. The molecule has 1 heterocycles. The predicted molar refractivity (Wildman–Crippen MR) is 82.7 cm³/mol. The first-order chi connectivity index (χ1) is 9.88. The average Bonchev–Trinajstić information content (AvgIpc) is 3.17. The lowest BCUT2D eigenvalue weighted by atomic mass is 9.88. The number of pyridine rings is 1. The van der Waals surface area contributed by atoms with E-state index in [0.29, 0.717) is 18.4 Å². The number of nitrogens with one attached hydrogen (secondary N) is 1. The molecule has 1 aromatic heterocycles. The van der Waals surface area contributed by atoms with E-state index in [1.807, 2.05) is 19.2 Å². The third kappa shape index (κ3) is 2.82. The van der Waals surface area contributed by atoms with Gasteiger partial charge < -0.3 is 11.1 Å². The van der Waals surface area contributed by atoms with Gasteiger partial charge in [0.25, 0.3) is 0 Å². The number of aryl methyl sites for hydroxylation is 1. The number of nitrogens with zero attached hydrogens (tertiary/aromatic N) is 1. The molecule has 0 radical (unpaired) electrons. The minimum absolute atomic E-state index is 0.131. The Morgan fingerprint density at radius 3 is 2.67 bits per heavy atom. The van der Waals surface area contributed by atoms with Crippen LogP contribution in [-0.2, 0) is 10.2 Å². The molecule has 0 saturated heterocycles. The van der Waals surface area contributed by atoms with Gasteiger partial charge in [-0.15, -0.1) is 0 Å². The van der Waals surface area contributed by atoms with E-state index in [-0.39, 0.29) is 23.3 Å². The predicted octanol–water partition coefficient (Wildman–Crippen LogP) is 1.77. The number of aromatic nitrogens is 1. The summed E-state index contributed by atoms with van der Waals surface area (Å²) in [4.78, 5) is 16.9. The zero-order valence-corrected chi connectivity index (χ0v) is 13.1. The number of nitrogens with two attached hydrogens (primary N) is 1. The van der Waals surface area contributed by atoms with Crippen molar-refractivity contribution in [2.24, 2.45) is 23.5 Å². The number of carbonyl (C=O) groups is 1. The maximum Gasteiger partial charge on any atom is 0.223 e. The van der Waals surface area contributed by atoms with Crippen molar-refractivity contribution >= 4 is 5.91 Å². The van der Waals surface area contributed by atoms with Gasteiger partial charge in [0.05, 0.1) is 0 Å². The molecular formula is C17H25N3O. The van der Waals surface area contributed by atoms with Crippen LogP contribution >= 0.6 is 0 Å². The van der Waals surface area contributed by atoms with Crippen LogP contribution in [0.15, 0.2) is 18.3 Å². The normalized spacial score (nSPS) is 30.9. The van der Waals surface area contributed by atoms with Gasteiger partial charge in [0.2, 0.25) is 5.91 Å². The lowest BCUT2D eigenvalue weighted by molar-refractivity contribution is -0.125. The molecule has 0 aromatic carbocycles. The van der Waals surface area contributed by atoms with E-state index < -0.39 is 0 Å². The van der Waals surface area contributed by atoms with Crippen molar-refractivity contribution in [2.45, 2.75) is 45.1 Å². The molecule has 3 rings (SSSR count). The maximum absolute atomic E-state index is 12.4. The van der Waals surface area contributed by atoms with Gasteiger partial charge in [-0.2, -0.15) is 0 Å². The van der Waals surface area contributed by atoms with Crippen LogP contribution in [-0.4, -0.2) is 23.5 Å². The van der Waals surface area contributed by atoms with Crippen molar-refractivity contribution < 1.29 is 4.79 Å². The minimum atomic E-state index is -0.160. The molecule has 0 bridgehead atoms. The Labute approximate surface area is 126 Å². The molecule has 114 valence electrons. The molecule has 1 aromatic rings. The Kier molecular flexibility index (Phi) is 3.52. The Balaban J connectivity index is 1.59. The average molecular weight is 287 g/mol. The number of fused-ring (bicyclic) bond motifs is 1. The van der Waals surface area contributed by atoms with Gasteiger partial charge in [-0.1, -0.05) is 19.9 Å². The summed E-state index contributed by atoms with van der Waals surface area (Å²) in [6.07, 6.45) is 3.87. The molecule has 2 saturated carbocycles. The van der Waals surface area contributed by atoms with Crippen LogP contribution < -0.4 is 11.1 Å². The topological polar surface area (TPSA) is 68.0 Å². The van der Waals surface area contributed by atoms with Crippen molar-refractivity contribution in [3.8, 4) is 0 Å². The smallest absolute Gasteiger partial charge is 0.223 e. The highest BCUT2D eigenvalue weighted by Gasteiger charge is 2.55. The Hall–Kier alpha value is -1.42. The molecule has 2 aliphatic rings. The molecule has 0 aliphatic heterocycles. The van der Waals surface area contributed by atoms with Crippen molar-refractivity contribution in [1.29, 1.82) is 0 Å². The van der Waals surface area contributed by atoms with E-state index in [2.05, 4.69) is 30.2 Å². The van der Waals surface area contributed by atoms with E-state index in [9.17, 15) is 4.79 Å². The molecule has 4 nitrogen and oxygen atoms in total. The summed E-state index contributed by atoms with van der Waals surface area (Å²) in [7, 11) is 0. The van der Waals surface area contributed by atoms with Crippen LogP contribution in [0.1, 0.15) is 37.9 Å². The summed E-state index contributed by atoms with van der Waals surface area (Å²) in [6.45, 7) is 6.88. The second-order valence-electron chi connectivity index (χ2n) is 7.39. The summed E-state index contributed by atoms with van der Waals surface area (Å²) in [5.41, 5.74) is 8.05. The number of hydrogen-bond donors (Lipinski definition) is 2. The quantitative estimate of drug-likeness (QED) is 0.887. The standard InChI is InChI=1S/C17H25N3O/c1-10-4-5-15(19-8-10)17(2,3)9-20-16(21)13-7-14(18)12-6-11(12)13/h4-5,8,11-14H,6-7,9,18H2,1-3H3,(H,20,21)/t11-,12+,13-,14+/m1/s1. The Morgan fingerprint density at radius 1 is 1.38 bits per heavy atom. The summed E-state index contributed by atoms with van der Waals surface area (Å²) >= 11 is 0. The van der Waals surface area contributed by atoms with Crippen LogP contribution in [0, 0.1) is 24.7 Å². The van der Waals surface area contributed by atoms with Gasteiger partial charge in [-0.25, -0.2) is 0 Å². The minimum Gasteiger partial charge on any atom is -0.355 e. The van der Waals surface area contributed by atoms with Gasteiger partial charge in [-0.05, 0) is 43.2 Å². The van der Waals surface area contributed by atoms with Gasteiger partial charge >= 0.3 is 0 Å². The Morgan fingerprint density at radius 2 is 2.14 bits per heavy atom. The largest absolute Gasteiger partial charge is 0.355 e. The highest BCUT2D eigenvalue weighted by atomic mass is 16.1. The highest BCUT2D eigenvalue weighted by molar-refractivity contribution is 5.80.